The topological polar surface area (TPSA) is 52.6 Å². The van der Waals surface area contributed by atoms with Gasteiger partial charge in [-0.3, -0.25) is 0 Å². The van der Waals surface area contributed by atoms with Crippen molar-refractivity contribution in [3.8, 4) is 0 Å². The molecule has 0 N–H and O–H groups in total. The largest absolute Gasteiger partial charge is 0.465 e. The second-order valence-corrected chi connectivity index (χ2v) is 4.61. The van der Waals surface area contributed by atoms with Crippen LogP contribution in [-0.4, -0.2) is 26.2 Å². The van der Waals surface area contributed by atoms with Gasteiger partial charge in [-0.2, -0.15) is 0 Å². The molecule has 0 amide bonds. The van der Waals surface area contributed by atoms with E-state index in [1.807, 2.05) is 13.0 Å². The Morgan fingerprint density at radius 1 is 0.950 bits per heavy atom. The van der Waals surface area contributed by atoms with Crippen molar-refractivity contribution in [1.82, 2.24) is 0 Å². The van der Waals surface area contributed by atoms with Gasteiger partial charge in [-0.05, 0) is 30.0 Å². The molecule has 0 aromatic heterocycles. The monoisotopic (exact) mass is 278 g/mol. The molecule has 0 saturated heterocycles. The summed E-state index contributed by atoms with van der Waals surface area (Å²) in [4.78, 5) is 23.9. The molecule has 1 aromatic carbocycles. The van der Waals surface area contributed by atoms with E-state index in [1.165, 1.54) is 14.2 Å². The number of benzene rings is 1. The van der Waals surface area contributed by atoms with E-state index < -0.39 is 11.9 Å². The van der Waals surface area contributed by atoms with Gasteiger partial charge in [-0.15, -0.1) is 0 Å². The van der Waals surface area contributed by atoms with Gasteiger partial charge in [0.05, 0.1) is 25.3 Å². The number of hydrogen-bond donors (Lipinski definition) is 0. The molecular weight excluding hydrogens is 256 g/mol. The van der Waals surface area contributed by atoms with E-state index in [-0.39, 0.29) is 5.56 Å². The normalized spacial score (nSPS) is 10.2. The third-order valence-corrected chi connectivity index (χ3v) is 3.22. The molecule has 0 heterocycles. The molecule has 4 heteroatoms. The van der Waals surface area contributed by atoms with Gasteiger partial charge in [-0.25, -0.2) is 9.59 Å². The van der Waals surface area contributed by atoms with E-state index >= 15 is 0 Å². The zero-order chi connectivity index (χ0) is 15.1. The van der Waals surface area contributed by atoms with E-state index in [0.29, 0.717) is 5.56 Å². The first-order valence-electron chi connectivity index (χ1n) is 6.91. The van der Waals surface area contributed by atoms with Crippen molar-refractivity contribution >= 4 is 11.9 Å². The van der Waals surface area contributed by atoms with Crippen LogP contribution in [0.3, 0.4) is 0 Å². The number of rotatable bonds is 6. The summed E-state index contributed by atoms with van der Waals surface area (Å²) in [5.74, 6) is -0.988. The first kappa shape index (κ1) is 16.2. The Labute approximate surface area is 120 Å². The third-order valence-electron chi connectivity index (χ3n) is 3.22. The Kier molecular flexibility index (Phi) is 6.22. The summed E-state index contributed by atoms with van der Waals surface area (Å²) < 4.78 is 9.60. The number of esters is 2. The van der Waals surface area contributed by atoms with E-state index in [9.17, 15) is 9.59 Å². The van der Waals surface area contributed by atoms with Crippen molar-refractivity contribution in [2.75, 3.05) is 14.2 Å². The highest BCUT2D eigenvalue weighted by Crippen LogP contribution is 2.24. The van der Waals surface area contributed by atoms with Crippen LogP contribution in [0.2, 0.25) is 0 Å². The summed E-state index contributed by atoms with van der Waals surface area (Å²) in [5.41, 5.74) is 2.64. The first-order chi connectivity index (χ1) is 9.60. The minimum absolute atomic E-state index is 0.280. The summed E-state index contributed by atoms with van der Waals surface area (Å²) in [5, 5.41) is 0. The summed E-state index contributed by atoms with van der Waals surface area (Å²) in [6.07, 6.45) is 3.49. The van der Waals surface area contributed by atoms with Gasteiger partial charge in [0.25, 0.3) is 0 Å². The summed E-state index contributed by atoms with van der Waals surface area (Å²) >= 11 is 0. The molecule has 0 saturated carbocycles. The predicted octanol–water partition coefficient (Wildman–Crippen LogP) is 3.16. The van der Waals surface area contributed by atoms with Crippen molar-refractivity contribution in [3.05, 3.63) is 34.4 Å². The minimum atomic E-state index is -0.509. The highest BCUT2D eigenvalue weighted by Gasteiger charge is 2.23. The van der Waals surface area contributed by atoms with Gasteiger partial charge in [0.1, 0.15) is 0 Å². The van der Waals surface area contributed by atoms with Crippen molar-refractivity contribution in [3.63, 3.8) is 0 Å². The fourth-order valence-electron chi connectivity index (χ4n) is 2.35. The van der Waals surface area contributed by atoms with E-state index in [1.54, 1.807) is 6.07 Å². The Morgan fingerprint density at radius 3 is 2.05 bits per heavy atom. The van der Waals surface area contributed by atoms with Gasteiger partial charge >= 0.3 is 11.9 Å². The quantitative estimate of drug-likeness (QED) is 0.750. The lowest BCUT2D eigenvalue weighted by Gasteiger charge is -2.16. The SMILES string of the molecule is CCCc1ccc(C(=O)OC)c(C(=O)OC)c1CCC. The summed E-state index contributed by atoms with van der Waals surface area (Å²) in [6.45, 7) is 4.13. The number of ether oxygens (including phenoxy) is 2. The molecule has 0 aliphatic rings. The highest BCUT2D eigenvalue weighted by atomic mass is 16.5. The van der Waals surface area contributed by atoms with Crippen LogP contribution in [0.25, 0.3) is 0 Å². The Hall–Kier alpha value is -1.84. The number of carbonyl (C=O) groups is 2. The molecule has 0 bridgehead atoms. The minimum Gasteiger partial charge on any atom is -0.465 e. The van der Waals surface area contributed by atoms with Gasteiger partial charge in [0.15, 0.2) is 0 Å². The zero-order valence-corrected chi connectivity index (χ0v) is 12.6. The van der Waals surface area contributed by atoms with Gasteiger partial charge in [-0.1, -0.05) is 32.8 Å². The van der Waals surface area contributed by atoms with Crippen LogP contribution in [-0.2, 0) is 22.3 Å². The second-order valence-electron chi connectivity index (χ2n) is 4.61. The first-order valence-corrected chi connectivity index (χ1v) is 6.91. The number of methoxy groups -OCH3 is 2. The molecule has 0 fully saturated rings. The van der Waals surface area contributed by atoms with Crippen LogP contribution < -0.4 is 0 Å². The van der Waals surface area contributed by atoms with Crippen molar-refractivity contribution in [1.29, 1.82) is 0 Å². The summed E-state index contributed by atoms with van der Waals surface area (Å²) in [6, 6.07) is 3.56. The Bertz CT molecular complexity index is 491. The number of hydrogen-bond acceptors (Lipinski definition) is 4. The van der Waals surface area contributed by atoms with E-state index in [2.05, 4.69) is 6.92 Å². The molecule has 0 aliphatic carbocycles. The van der Waals surface area contributed by atoms with Crippen LogP contribution in [0.4, 0.5) is 0 Å². The van der Waals surface area contributed by atoms with E-state index in [4.69, 9.17) is 9.47 Å². The van der Waals surface area contributed by atoms with Crippen molar-refractivity contribution in [2.24, 2.45) is 0 Å². The maximum atomic E-state index is 12.1. The molecule has 0 radical (unpaired) electrons. The molecule has 20 heavy (non-hydrogen) atoms. The lowest BCUT2D eigenvalue weighted by Crippen LogP contribution is -2.16. The van der Waals surface area contributed by atoms with Crippen LogP contribution in [0.1, 0.15) is 58.5 Å². The maximum Gasteiger partial charge on any atom is 0.339 e. The molecule has 1 rings (SSSR count). The molecule has 1 aromatic rings. The lowest BCUT2D eigenvalue weighted by atomic mass is 9.91. The second kappa shape index (κ2) is 7.68. The van der Waals surface area contributed by atoms with Crippen LogP contribution in [0, 0.1) is 0 Å². The Morgan fingerprint density at radius 2 is 1.55 bits per heavy atom. The fourth-order valence-corrected chi connectivity index (χ4v) is 2.35. The van der Waals surface area contributed by atoms with E-state index in [0.717, 1.165) is 36.8 Å². The van der Waals surface area contributed by atoms with Crippen molar-refractivity contribution < 1.29 is 19.1 Å². The molecule has 0 aliphatic heterocycles. The molecule has 4 nitrogen and oxygen atoms in total. The van der Waals surface area contributed by atoms with Gasteiger partial charge in [0.2, 0.25) is 0 Å². The van der Waals surface area contributed by atoms with Gasteiger partial charge < -0.3 is 9.47 Å². The number of carbonyl (C=O) groups excluding carboxylic acids is 2. The Balaban J connectivity index is 3.51. The third kappa shape index (κ3) is 3.38. The average Bonchev–Trinajstić information content (AvgIpc) is 2.47. The average molecular weight is 278 g/mol. The fraction of sp³-hybridized carbons (Fsp3) is 0.500. The zero-order valence-electron chi connectivity index (χ0n) is 12.6. The predicted molar refractivity (Wildman–Crippen MR) is 77.1 cm³/mol. The number of aryl methyl sites for hydroxylation is 1. The molecule has 0 spiro atoms. The highest BCUT2D eigenvalue weighted by molar-refractivity contribution is 6.04. The van der Waals surface area contributed by atoms with Crippen LogP contribution in [0.5, 0.6) is 0 Å². The molecule has 0 unspecified atom stereocenters. The lowest BCUT2D eigenvalue weighted by molar-refractivity contribution is 0.0554. The summed E-state index contributed by atoms with van der Waals surface area (Å²) in [7, 11) is 2.63. The molecule has 110 valence electrons. The maximum absolute atomic E-state index is 12.1. The molecular formula is C16H22O4. The van der Waals surface area contributed by atoms with Crippen LogP contribution >= 0.6 is 0 Å². The molecule has 0 atom stereocenters. The smallest absolute Gasteiger partial charge is 0.339 e. The van der Waals surface area contributed by atoms with Crippen molar-refractivity contribution in [2.45, 2.75) is 39.5 Å². The van der Waals surface area contributed by atoms with Gasteiger partial charge in [0, 0.05) is 0 Å². The van der Waals surface area contributed by atoms with Crippen LogP contribution in [0.15, 0.2) is 12.1 Å². The standard InChI is InChI=1S/C16H22O4/c1-5-7-11-9-10-13(15(17)19-3)14(16(18)20-4)12(11)8-6-2/h9-10H,5-8H2,1-4H3.